The van der Waals surface area contributed by atoms with Crippen molar-refractivity contribution in [3.63, 3.8) is 0 Å². The Hall–Kier alpha value is -2.45. The van der Waals surface area contributed by atoms with Crippen LogP contribution in [0.4, 0.5) is 5.69 Å². The summed E-state index contributed by atoms with van der Waals surface area (Å²) in [4.78, 5) is 0. The van der Waals surface area contributed by atoms with E-state index in [1.54, 1.807) is 31.2 Å². The van der Waals surface area contributed by atoms with Crippen molar-refractivity contribution in [2.75, 3.05) is 10.5 Å². The highest BCUT2D eigenvalue weighted by Crippen LogP contribution is 2.23. The fraction of sp³-hybridized carbons (Fsp3) is 0.125. The number of para-hydroxylation sites is 1. The van der Waals surface area contributed by atoms with Crippen molar-refractivity contribution in [3.8, 4) is 17.1 Å². The quantitative estimate of drug-likeness (QED) is 0.684. The van der Waals surface area contributed by atoms with Gasteiger partial charge < -0.3 is 0 Å². The summed E-state index contributed by atoms with van der Waals surface area (Å²) in [6.07, 6.45) is 0. The zero-order valence-corrected chi connectivity index (χ0v) is 14.6. The number of H-pyrrole nitrogens is 1. The number of hydrogen-bond donors (Lipinski definition) is 2. The van der Waals surface area contributed by atoms with Crippen LogP contribution in [-0.2, 0) is 10.0 Å². The number of rotatable bonds is 5. The molecule has 0 atom stereocenters. The van der Waals surface area contributed by atoms with Crippen LogP contribution in [0.1, 0.15) is 6.92 Å². The van der Waals surface area contributed by atoms with Crippen LogP contribution in [0.5, 0.6) is 0 Å². The maximum absolute atomic E-state index is 11.6. The molecule has 0 spiro atoms. The van der Waals surface area contributed by atoms with Gasteiger partial charge in [-0.15, -0.1) is 0 Å². The zero-order valence-electron chi connectivity index (χ0n) is 12.9. The first kappa shape index (κ1) is 16.4. The molecule has 0 bridgehead atoms. The van der Waals surface area contributed by atoms with Crippen LogP contribution in [-0.4, -0.2) is 28.9 Å². The number of sulfonamides is 1. The lowest BCUT2D eigenvalue weighted by Crippen LogP contribution is -2.14. The molecule has 0 fully saturated rings. The Balaban J connectivity index is 1.98. The van der Waals surface area contributed by atoms with Crippen molar-refractivity contribution in [2.45, 2.75) is 6.92 Å². The number of anilines is 1. The van der Waals surface area contributed by atoms with Gasteiger partial charge >= 0.3 is 0 Å². The van der Waals surface area contributed by atoms with E-state index >= 15 is 0 Å². The molecule has 0 amide bonds. The highest BCUT2D eigenvalue weighted by molar-refractivity contribution is 7.92. The second-order valence-corrected chi connectivity index (χ2v) is 7.50. The minimum absolute atomic E-state index is 0.0292. The van der Waals surface area contributed by atoms with E-state index in [9.17, 15) is 8.42 Å². The number of aromatic amines is 1. The van der Waals surface area contributed by atoms with E-state index in [2.05, 4.69) is 14.9 Å². The smallest absolute Gasteiger partial charge is 0.232 e. The van der Waals surface area contributed by atoms with Crippen LogP contribution in [0.2, 0.25) is 0 Å². The molecule has 0 saturated carbocycles. The minimum atomic E-state index is -3.29. The van der Waals surface area contributed by atoms with Crippen molar-refractivity contribution in [3.05, 3.63) is 59.4 Å². The van der Waals surface area contributed by atoms with E-state index < -0.39 is 10.0 Å². The van der Waals surface area contributed by atoms with Gasteiger partial charge in [-0.3, -0.25) is 14.4 Å². The monoisotopic (exact) mass is 360 g/mol. The van der Waals surface area contributed by atoms with Crippen molar-refractivity contribution < 1.29 is 8.42 Å². The third kappa shape index (κ3) is 3.39. The second kappa shape index (κ2) is 6.58. The first-order chi connectivity index (χ1) is 11.5. The molecule has 2 N–H and O–H groups in total. The molecular formula is C16H16N4O2S2. The van der Waals surface area contributed by atoms with E-state index in [-0.39, 0.29) is 5.75 Å². The maximum Gasteiger partial charge on any atom is 0.232 e. The Bertz CT molecular complexity index is 991. The zero-order chi connectivity index (χ0) is 17.2. The molecule has 8 heteroatoms. The Morgan fingerprint density at radius 3 is 2.42 bits per heavy atom. The van der Waals surface area contributed by atoms with Crippen LogP contribution < -0.4 is 4.72 Å². The van der Waals surface area contributed by atoms with E-state index in [4.69, 9.17) is 12.2 Å². The first-order valence-corrected chi connectivity index (χ1v) is 9.40. The van der Waals surface area contributed by atoms with E-state index in [1.165, 1.54) is 0 Å². The van der Waals surface area contributed by atoms with Crippen LogP contribution in [0, 0.1) is 4.77 Å². The highest BCUT2D eigenvalue weighted by atomic mass is 32.2. The maximum atomic E-state index is 11.6. The summed E-state index contributed by atoms with van der Waals surface area (Å²) in [7, 11) is -3.29. The average molecular weight is 360 g/mol. The lowest BCUT2D eigenvalue weighted by atomic mass is 10.2. The molecule has 0 unspecified atom stereocenters. The molecule has 1 heterocycles. The van der Waals surface area contributed by atoms with Gasteiger partial charge in [0.1, 0.15) is 0 Å². The SMILES string of the molecule is CCS(=O)(=O)Nc1ccc(-c2n[nH]c(=S)n2-c2ccccc2)cc1. The average Bonchev–Trinajstić information content (AvgIpc) is 2.98. The molecule has 0 aliphatic rings. The van der Waals surface area contributed by atoms with Gasteiger partial charge in [0.05, 0.1) is 5.75 Å². The van der Waals surface area contributed by atoms with Crippen LogP contribution in [0.25, 0.3) is 17.1 Å². The predicted octanol–water partition coefficient (Wildman–Crippen LogP) is 3.36. The lowest BCUT2D eigenvalue weighted by molar-refractivity contribution is 0.602. The van der Waals surface area contributed by atoms with Crippen molar-refractivity contribution in [1.82, 2.24) is 14.8 Å². The summed E-state index contributed by atoms with van der Waals surface area (Å²) >= 11 is 5.32. The third-order valence-electron chi connectivity index (χ3n) is 3.48. The van der Waals surface area contributed by atoms with Gasteiger partial charge in [0.2, 0.25) is 10.0 Å². The Morgan fingerprint density at radius 1 is 1.12 bits per heavy atom. The number of nitrogens with zero attached hydrogens (tertiary/aromatic N) is 2. The van der Waals surface area contributed by atoms with Gasteiger partial charge in [-0.05, 0) is 55.5 Å². The van der Waals surface area contributed by atoms with Crippen molar-refractivity contribution in [2.24, 2.45) is 0 Å². The van der Waals surface area contributed by atoms with Gasteiger partial charge in [-0.25, -0.2) is 8.42 Å². The number of nitrogens with one attached hydrogen (secondary N) is 2. The molecule has 0 radical (unpaired) electrons. The molecule has 6 nitrogen and oxygen atoms in total. The second-order valence-electron chi connectivity index (χ2n) is 5.11. The summed E-state index contributed by atoms with van der Waals surface area (Å²) in [5.41, 5.74) is 2.24. The normalized spacial score (nSPS) is 11.4. The molecule has 0 aliphatic carbocycles. The molecule has 124 valence electrons. The molecule has 3 aromatic rings. The summed E-state index contributed by atoms with van der Waals surface area (Å²) in [6.45, 7) is 1.59. The lowest BCUT2D eigenvalue weighted by Gasteiger charge is -2.09. The standard InChI is InChI=1S/C16H16N4O2S2/c1-2-24(21,22)19-13-10-8-12(9-11-13)15-17-18-16(23)20(15)14-6-4-3-5-7-14/h3-11,19H,2H2,1H3,(H,18,23). The van der Waals surface area contributed by atoms with Gasteiger partial charge in [0.15, 0.2) is 10.6 Å². The fourth-order valence-electron chi connectivity index (χ4n) is 2.25. The van der Waals surface area contributed by atoms with E-state index in [0.29, 0.717) is 16.3 Å². The van der Waals surface area contributed by atoms with Crippen LogP contribution >= 0.6 is 12.2 Å². The Labute approximate surface area is 145 Å². The predicted molar refractivity (Wildman–Crippen MR) is 97.3 cm³/mol. The Morgan fingerprint density at radius 2 is 1.79 bits per heavy atom. The third-order valence-corrected chi connectivity index (χ3v) is 5.06. The Kier molecular flexibility index (Phi) is 4.50. The fourth-order valence-corrected chi connectivity index (χ4v) is 3.12. The van der Waals surface area contributed by atoms with Gasteiger partial charge in [0.25, 0.3) is 0 Å². The molecule has 0 saturated heterocycles. The summed E-state index contributed by atoms with van der Waals surface area (Å²) in [5, 5.41) is 7.09. The molecule has 1 aromatic heterocycles. The molecular weight excluding hydrogens is 344 g/mol. The van der Waals surface area contributed by atoms with Crippen molar-refractivity contribution in [1.29, 1.82) is 0 Å². The van der Waals surface area contributed by atoms with Gasteiger partial charge in [-0.2, -0.15) is 5.10 Å². The van der Waals surface area contributed by atoms with Crippen molar-refractivity contribution >= 4 is 27.9 Å². The number of aromatic nitrogens is 3. The number of benzene rings is 2. The molecule has 0 aliphatic heterocycles. The summed E-state index contributed by atoms with van der Waals surface area (Å²) in [6, 6.07) is 16.7. The topological polar surface area (TPSA) is 79.8 Å². The summed E-state index contributed by atoms with van der Waals surface area (Å²) < 4.78 is 28.1. The first-order valence-electron chi connectivity index (χ1n) is 7.34. The van der Waals surface area contributed by atoms with Gasteiger partial charge in [-0.1, -0.05) is 18.2 Å². The highest BCUT2D eigenvalue weighted by Gasteiger charge is 2.11. The largest absolute Gasteiger partial charge is 0.284 e. The molecule has 3 rings (SSSR count). The van der Waals surface area contributed by atoms with Crippen LogP contribution in [0.15, 0.2) is 54.6 Å². The molecule has 24 heavy (non-hydrogen) atoms. The van der Waals surface area contributed by atoms with Crippen LogP contribution in [0.3, 0.4) is 0 Å². The minimum Gasteiger partial charge on any atom is -0.284 e. The van der Waals surface area contributed by atoms with E-state index in [0.717, 1.165) is 11.3 Å². The van der Waals surface area contributed by atoms with Gasteiger partial charge in [0, 0.05) is 16.9 Å². The molecule has 2 aromatic carbocycles. The number of hydrogen-bond acceptors (Lipinski definition) is 4. The van der Waals surface area contributed by atoms with E-state index in [1.807, 2.05) is 34.9 Å². The summed E-state index contributed by atoms with van der Waals surface area (Å²) in [5.74, 6) is 0.692.